The lowest BCUT2D eigenvalue weighted by molar-refractivity contribution is -0.385. The molecule has 9 nitrogen and oxygen atoms in total. The Labute approximate surface area is 177 Å². The molecule has 3 aromatic carbocycles. The van der Waals surface area contributed by atoms with E-state index in [9.17, 15) is 19.7 Å². The maximum absolute atomic E-state index is 12.4. The standard InChI is InChI=1S/C22H17N5O4/c28-21(14-23-25-17-7-3-1-4-8-17)16-11-12-19(20(13-16)27(30)31)22(29)15-24-26-18-9-5-2-6-10-18/h1-15,25-26H/b23-14+,24-15-. The molecule has 0 heterocycles. The van der Waals surface area contributed by atoms with Gasteiger partial charge in [-0.05, 0) is 36.4 Å². The average molecular weight is 415 g/mol. The predicted octanol–water partition coefficient (Wildman–Crippen LogP) is 4.16. The number of hydrazone groups is 2. The summed E-state index contributed by atoms with van der Waals surface area (Å²) in [6.45, 7) is 0. The van der Waals surface area contributed by atoms with Crippen molar-refractivity contribution in [3.05, 3.63) is 100 Å². The number of para-hydroxylation sites is 2. The molecule has 0 spiro atoms. The highest BCUT2D eigenvalue weighted by atomic mass is 16.6. The van der Waals surface area contributed by atoms with Crippen LogP contribution >= 0.6 is 0 Å². The van der Waals surface area contributed by atoms with E-state index in [1.807, 2.05) is 12.1 Å². The van der Waals surface area contributed by atoms with E-state index in [0.29, 0.717) is 11.4 Å². The summed E-state index contributed by atoms with van der Waals surface area (Å²) in [5, 5.41) is 19.1. The zero-order valence-corrected chi connectivity index (χ0v) is 16.1. The second-order valence-electron chi connectivity index (χ2n) is 6.19. The van der Waals surface area contributed by atoms with Crippen molar-refractivity contribution in [2.75, 3.05) is 10.9 Å². The van der Waals surface area contributed by atoms with E-state index in [0.717, 1.165) is 18.5 Å². The van der Waals surface area contributed by atoms with Gasteiger partial charge in [-0.2, -0.15) is 10.2 Å². The van der Waals surface area contributed by atoms with Gasteiger partial charge in [-0.25, -0.2) is 0 Å². The quantitative estimate of drug-likeness (QED) is 0.234. The number of hydrogen-bond acceptors (Lipinski definition) is 8. The molecule has 9 heteroatoms. The smallest absolute Gasteiger partial charge is 0.281 e. The molecule has 0 aliphatic heterocycles. The molecule has 0 atom stereocenters. The second-order valence-corrected chi connectivity index (χ2v) is 6.19. The minimum Gasteiger partial charge on any atom is -0.287 e. The Hall–Kier alpha value is -4.66. The van der Waals surface area contributed by atoms with Gasteiger partial charge in [-0.1, -0.05) is 36.4 Å². The number of nitro groups is 1. The molecule has 31 heavy (non-hydrogen) atoms. The lowest BCUT2D eigenvalue weighted by atomic mass is 10.0. The van der Waals surface area contributed by atoms with Crippen LogP contribution in [0.5, 0.6) is 0 Å². The monoisotopic (exact) mass is 415 g/mol. The number of nitrogens with zero attached hydrogens (tertiary/aromatic N) is 3. The Morgan fingerprint density at radius 2 is 1.29 bits per heavy atom. The Kier molecular flexibility index (Phi) is 6.94. The highest BCUT2D eigenvalue weighted by Crippen LogP contribution is 2.21. The molecule has 0 saturated heterocycles. The second kappa shape index (κ2) is 10.2. The Balaban J connectivity index is 1.72. The molecule has 3 rings (SSSR count). The van der Waals surface area contributed by atoms with Crippen LogP contribution in [0.15, 0.2) is 89.1 Å². The summed E-state index contributed by atoms with van der Waals surface area (Å²) in [5.41, 5.74) is 6.04. The minimum atomic E-state index is -0.720. The van der Waals surface area contributed by atoms with E-state index in [2.05, 4.69) is 21.1 Å². The third-order valence-electron chi connectivity index (χ3n) is 4.04. The van der Waals surface area contributed by atoms with Crippen LogP contribution in [0.25, 0.3) is 0 Å². The number of nitro benzene ring substituents is 1. The highest BCUT2D eigenvalue weighted by Gasteiger charge is 2.21. The molecule has 2 N–H and O–H groups in total. The Bertz CT molecular complexity index is 1150. The molecule has 0 fully saturated rings. The topological polar surface area (TPSA) is 126 Å². The molecule has 0 amide bonds. The van der Waals surface area contributed by atoms with Gasteiger partial charge in [0.25, 0.3) is 5.69 Å². The normalized spacial score (nSPS) is 10.8. The molecular formula is C22H17N5O4. The number of ketones is 2. The number of rotatable bonds is 9. The number of hydrogen-bond donors (Lipinski definition) is 2. The van der Waals surface area contributed by atoms with Crippen LogP contribution in [-0.4, -0.2) is 28.9 Å². The largest absolute Gasteiger partial charge is 0.287 e. The first kappa shape index (κ1) is 21.1. The van der Waals surface area contributed by atoms with E-state index in [1.165, 1.54) is 12.1 Å². The van der Waals surface area contributed by atoms with Gasteiger partial charge < -0.3 is 0 Å². The number of carbonyl (C=O) groups excluding carboxylic acids is 2. The van der Waals surface area contributed by atoms with Crippen LogP contribution in [0.1, 0.15) is 20.7 Å². The molecule has 0 unspecified atom stereocenters. The lowest BCUT2D eigenvalue weighted by Crippen LogP contribution is -2.09. The van der Waals surface area contributed by atoms with Gasteiger partial charge in [0.15, 0.2) is 0 Å². The summed E-state index contributed by atoms with van der Waals surface area (Å²) >= 11 is 0. The van der Waals surface area contributed by atoms with E-state index in [-0.39, 0.29) is 11.1 Å². The van der Waals surface area contributed by atoms with E-state index >= 15 is 0 Å². The summed E-state index contributed by atoms with van der Waals surface area (Å²) in [6, 6.07) is 21.5. The maximum atomic E-state index is 12.4. The van der Waals surface area contributed by atoms with Crippen molar-refractivity contribution in [1.29, 1.82) is 0 Å². The molecule has 0 saturated carbocycles. The van der Waals surface area contributed by atoms with Crippen LogP contribution in [0.3, 0.4) is 0 Å². The predicted molar refractivity (Wildman–Crippen MR) is 119 cm³/mol. The Morgan fingerprint density at radius 3 is 1.81 bits per heavy atom. The molecule has 0 radical (unpaired) electrons. The van der Waals surface area contributed by atoms with Gasteiger partial charge in [-0.15, -0.1) is 0 Å². The van der Waals surface area contributed by atoms with Crippen LogP contribution in [-0.2, 0) is 0 Å². The van der Waals surface area contributed by atoms with Crippen LogP contribution < -0.4 is 10.9 Å². The number of Topliss-reactive ketones (excluding diaryl/α,β-unsaturated/α-hetero) is 2. The summed E-state index contributed by atoms with van der Waals surface area (Å²) in [7, 11) is 0. The summed E-state index contributed by atoms with van der Waals surface area (Å²) in [4.78, 5) is 35.4. The first-order valence-corrected chi connectivity index (χ1v) is 9.10. The fourth-order valence-corrected chi connectivity index (χ4v) is 2.54. The zero-order valence-electron chi connectivity index (χ0n) is 16.1. The molecular weight excluding hydrogens is 398 g/mol. The highest BCUT2D eigenvalue weighted by molar-refractivity contribution is 6.38. The first-order chi connectivity index (χ1) is 15.0. The van der Waals surface area contributed by atoms with Crippen LogP contribution in [0.2, 0.25) is 0 Å². The van der Waals surface area contributed by atoms with Crippen molar-refractivity contribution < 1.29 is 14.5 Å². The van der Waals surface area contributed by atoms with Crippen molar-refractivity contribution in [2.45, 2.75) is 0 Å². The van der Waals surface area contributed by atoms with Crippen LogP contribution in [0.4, 0.5) is 17.1 Å². The molecule has 0 aliphatic carbocycles. The number of carbonyl (C=O) groups is 2. The SMILES string of the molecule is O=C(/C=N/Nc1ccccc1)c1ccc(C(=O)/C=N\Nc2ccccc2)c([N+](=O)[O-])c1. The van der Waals surface area contributed by atoms with Crippen molar-refractivity contribution in [3.8, 4) is 0 Å². The third kappa shape index (κ3) is 5.91. The average Bonchev–Trinajstić information content (AvgIpc) is 2.80. The van der Waals surface area contributed by atoms with Crippen LogP contribution in [0, 0.1) is 10.1 Å². The van der Waals surface area contributed by atoms with E-state index in [1.54, 1.807) is 48.5 Å². The Morgan fingerprint density at radius 1 is 0.774 bits per heavy atom. The fraction of sp³-hybridized carbons (Fsp3) is 0. The lowest BCUT2D eigenvalue weighted by Gasteiger charge is -2.02. The molecule has 0 aliphatic rings. The fourth-order valence-electron chi connectivity index (χ4n) is 2.54. The van der Waals surface area contributed by atoms with Crippen molar-refractivity contribution >= 4 is 41.1 Å². The van der Waals surface area contributed by atoms with Gasteiger partial charge in [0.2, 0.25) is 11.6 Å². The summed E-state index contributed by atoms with van der Waals surface area (Å²) < 4.78 is 0. The van der Waals surface area contributed by atoms with Gasteiger partial charge in [0.1, 0.15) is 5.56 Å². The van der Waals surface area contributed by atoms with Gasteiger partial charge >= 0.3 is 0 Å². The minimum absolute atomic E-state index is 0.0289. The molecule has 0 bridgehead atoms. The van der Waals surface area contributed by atoms with Crippen molar-refractivity contribution in [3.63, 3.8) is 0 Å². The number of benzene rings is 3. The van der Waals surface area contributed by atoms with Gasteiger partial charge in [-0.3, -0.25) is 30.6 Å². The number of anilines is 2. The zero-order chi connectivity index (χ0) is 22.1. The number of nitrogens with one attached hydrogen (secondary N) is 2. The molecule has 0 aromatic heterocycles. The van der Waals surface area contributed by atoms with E-state index in [4.69, 9.17) is 0 Å². The summed E-state index contributed by atoms with van der Waals surface area (Å²) in [5.74, 6) is -1.22. The van der Waals surface area contributed by atoms with Crippen molar-refractivity contribution in [1.82, 2.24) is 0 Å². The van der Waals surface area contributed by atoms with Crippen molar-refractivity contribution in [2.24, 2.45) is 10.2 Å². The first-order valence-electron chi connectivity index (χ1n) is 9.10. The maximum Gasteiger partial charge on any atom is 0.281 e. The van der Waals surface area contributed by atoms with E-state index < -0.39 is 22.2 Å². The van der Waals surface area contributed by atoms with Gasteiger partial charge in [0.05, 0.1) is 28.7 Å². The molecule has 154 valence electrons. The summed E-state index contributed by atoms with van der Waals surface area (Å²) in [6.07, 6.45) is 1.96. The van der Waals surface area contributed by atoms with Gasteiger partial charge in [0, 0.05) is 11.6 Å². The molecule has 3 aromatic rings. The third-order valence-corrected chi connectivity index (χ3v) is 4.04.